The molecule has 2 rings (SSSR count). The largest absolute Gasteiger partial charge is 0.454 e. The molecule has 0 radical (unpaired) electrons. The van der Waals surface area contributed by atoms with E-state index in [1.807, 2.05) is 0 Å². The maximum atomic E-state index is 13.8. The smallest absolute Gasteiger partial charge is 0.166 e. The minimum Gasteiger partial charge on any atom is -0.454 e. The Balaban J connectivity index is 2.23. The summed E-state index contributed by atoms with van der Waals surface area (Å²) < 4.78 is 19.3. The van der Waals surface area contributed by atoms with Crippen molar-refractivity contribution < 1.29 is 14.2 Å². The molecule has 3 nitrogen and oxygen atoms in total. The molecule has 0 unspecified atom stereocenters. The van der Waals surface area contributed by atoms with Crippen LogP contribution in [0.2, 0.25) is 0 Å². The van der Waals surface area contributed by atoms with E-state index in [4.69, 9.17) is 15.6 Å². The number of rotatable bonds is 4. The number of aliphatic hydroxyl groups is 1. The van der Waals surface area contributed by atoms with Crippen LogP contribution in [0.5, 0.6) is 11.5 Å². The third-order valence-corrected chi connectivity index (χ3v) is 2.79. The topological polar surface area (TPSA) is 55.5 Å². The molecule has 0 aliphatic carbocycles. The molecule has 0 spiro atoms. The van der Waals surface area contributed by atoms with Crippen molar-refractivity contribution in [2.24, 2.45) is 5.73 Å². The molecule has 0 aromatic heterocycles. The first-order chi connectivity index (χ1) is 9.10. The first-order valence-electron chi connectivity index (χ1n) is 6.03. The quantitative estimate of drug-likeness (QED) is 0.889. The highest BCUT2D eigenvalue weighted by Crippen LogP contribution is 2.27. The third kappa shape index (κ3) is 3.30. The van der Waals surface area contributed by atoms with E-state index < -0.39 is 5.82 Å². The number of nitrogens with two attached hydrogens (primary N) is 1. The Morgan fingerprint density at radius 2 is 2.05 bits per heavy atom. The maximum absolute atomic E-state index is 13.8. The predicted octanol–water partition coefficient (Wildman–Crippen LogP) is 3.13. The molecule has 19 heavy (non-hydrogen) atoms. The fourth-order valence-corrected chi connectivity index (χ4v) is 1.72. The van der Waals surface area contributed by atoms with Gasteiger partial charge in [-0.2, -0.15) is 0 Å². The Morgan fingerprint density at radius 3 is 2.68 bits per heavy atom. The predicted molar refractivity (Wildman–Crippen MR) is 71.4 cm³/mol. The average Bonchev–Trinajstić information content (AvgIpc) is 2.41. The summed E-state index contributed by atoms with van der Waals surface area (Å²) in [5.74, 6) is 0.169. The molecule has 1 atom stereocenters. The molecule has 0 amide bonds. The van der Waals surface area contributed by atoms with Crippen LogP contribution in [0.15, 0.2) is 42.5 Å². The zero-order valence-electron chi connectivity index (χ0n) is 10.6. The Morgan fingerprint density at radius 1 is 1.26 bits per heavy atom. The van der Waals surface area contributed by atoms with Crippen LogP contribution < -0.4 is 10.5 Å². The van der Waals surface area contributed by atoms with Gasteiger partial charge in [0.25, 0.3) is 0 Å². The minimum absolute atomic E-state index is 0.0801. The number of hydrogen-bond acceptors (Lipinski definition) is 3. The molecule has 0 bridgehead atoms. The second kappa shape index (κ2) is 5.82. The van der Waals surface area contributed by atoms with Gasteiger partial charge in [0.15, 0.2) is 11.6 Å². The number of benzene rings is 2. The summed E-state index contributed by atoms with van der Waals surface area (Å²) in [6.45, 7) is 1.71. The van der Waals surface area contributed by atoms with E-state index in [1.54, 1.807) is 43.3 Å². The first kappa shape index (κ1) is 13.5. The molecule has 0 saturated carbocycles. The normalized spacial score (nSPS) is 12.2. The van der Waals surface area contributed by atoms with E-state index in [1.165, 1.54) is 6.07 Å². The lowest BCUT2D eigenvalue weighted by Crippen LogP contribution is -2.05. The lowest BCUT2D eigenvalue weighted by molar-refractivity contribution is 0.281. The number of aliphatic hydroxyl groups excluding tert-OH is 1. The van der Waals surface area contributed by atoms with Gasteiger partial charge < -0.3 is 15.6 Å². The van der Waals surface area contributed by atoms with Crippen LogP contribution in [-0.2, 0) is 6.61 Å². The van der Waals surface area contributed by atoms with Crippen molar-refractivity contribution in [2.75, 3.05) is 0 Å². The third-order valence-electron chi connectivity index (χ3n) is 2.79. The van der Waals surface area contributed by atoms with Crippen molar-refractivity contribution in [1.29, 1.82) is 0 Å². The molecule has 0 aliphatic heterocycles. The minimum atomic E-state index is -0.454. The van der Waals surface area contributed by atoms with Gasteiger partial charge in [-0.3, -0.25) is 0 Å². The van der Waals surface area contributed by atoms with Crippen LogP contribution in [-0.4, -0.2) is 5.11 Å². The van der Waals surface area contributed by atoms with Crippen LogP contribution in [0.1, 0.15) is 24.1 Å². The van der Waals surface area contributed by atoms with Gasteiger partial charge in [-0.1, -0.05) is 18.2 Å². The molecule has 4 heteroatoms. The van der Waals surface area contributed by atoms with Gasteiger partial charge in [0, 0.05) is 6.04 Å². The molecule has 0 saturated heterocycles. The van der Waals surface area contributed by atoms with Crippen molar-refractivity contribution in [3.63, 3.8) is 0 Å². The number of ether oxygens (including phenoxy) is 1. The van der Waals surface area contributed by atoms with Crippen molar-refractivity contribution in [2.45, 2.75) is 19.6 Å². The van der Waals surface area contributed by atoms with E-state index in [0.29, 0.717) is 16.9 Å². The second-order valence-electron chi connectivity index (χ2n) is 4.39. The molecule has 2 aromatic rings. The fraction of sp³-hybridized carbons (Fsp3) is 0.200. The van der Waals surface area contributed by atoms with E-state index in [9.17, 15) is 4.39 Å². The van der Waals surface area contributed by atoms with Crippen LogP contribution in [0.3, 0.4) is 0 Å². The molecule has 100 valence electrons. The van der Waals surface area contributed by atoms with Crippen LogP contribution in [0, 0.1) is 5.82 Å². The van der Waals surface area contributed by atoms with Gasteiger partial charge in [-0.05, 0) is 42.3 Å². The van der Waals surface area contributed by atoms with Gasteiger partial charge in [0.2, 0.25) is 0 Å². The van der Waals surface area contributed by atoms with Gasteiger partial charge in [0.05, 0.1) is 6.61 Å². The van der Waals surface area contributed by atoms with E-state index >= 15 is 0 Å². The first-order valence-corrected chi connectivity index (χ1v) is 6.03. The SMILES string of the molecule is C[C@H](N)c1ccc(Oc2cccc(CO)c2)c(F)c1. The molecule has 0 fully saturated rings. The average molecular weight is 261 g/mol. The van der Waals surface area contributed by atoms with Gasteiger partial charge in [-0.15, -0.1) is 0 Å². The highest BCUT2D eigenvalue weighted by molar-refractivity contribution is 5.36. The molecular weight excluding hydrogens is 245 g/mol. The zero-order chi connectivity index (χ0) is 13.8. The van der Waals surface area contributed by atoms with Crippen LogP contribution >= 0.6 is 0 Å². The van der Waals surface area contributed by atoms with Crippen molar-refractivity contribution in [3.8, 4) is 11.5 Å². The van der Waals surface area contributed by atoms with Gasteiger partial charge in [0.1, 0.15) is 5.75 Å². The van der Waals surface area contributed by atoms with Crippen LogP contribution in [0.25, 0.3) is 0 Å². The van der Waals surface area contributed by atoms with Gasteiger partial charge >= 0.3 is 0 Å². The maximum Gasteiger partial charge on any atom is 0.166 e. The van der Waals surface area contributed by atoms with Crippen molar-refractivity contribution in [3.05, 3.63) is 59.4 Å². The summed E-state index contributed by atoms with van der Waals surface area (Å²) >= 11 is 0. The number of hydrogen-bond donors (Lipinski definition) is 2. The highest BCUT2D eigenvalue weighted by atomic mass is 19.1. The molecule has 0 heterocycles. The van der Waals surface area contributed by atoms with Crippen LogP contribution in [0.4, 0.5) is 4.39 Å². The van der Waals surface area contributed by atoms with E-state index in [2.05, 4.69) is 0 Å². The summed E-state index contributed by atoms with van der Waals surface area (Å²) in [6.07, 6.45) is 0. The molecule has 2 aromatic carbocycles. The van der Waals surface area contributed by atoms with Crippen molar-refractivity contribution in [1.82, 2.24) is 0 Å². The lowest BCUT2D eigenvalue weighted by atomic mass is 10.1. The summed E-state index contributed by atoms with van der Waals surface area (Å²) in [5, 5.41) is 9.04. The molecule has 3 N–H and O–H groups in total. The Bertz CT molecular complexity index is 570. The second-order valence-corrected chi connectivity index (χ2v) is 4.39. The standard InChI is InChI=1S/C15H16FNO2/c1-10(17)12-5-6-15(14(16)8-12)19-13-4-2-3-11(7-13)9-18/h2-8,10,18H,9,17H2,1H3/t10-/m0/s1. The Labute approximate surface area is 111 Å². The van der Waals surface area contributed by atoms with Crippen molar-refractivity contribution >= 4 is 0 Å². The number of halogens is 1. The highest BCUT2D eigenvalue weighted by Gasteiger charge is 2.08. The monoisotopic (exact) mass is 261 g/mol. The summed E-state index contributed by atoms with van der Waals surface area (Å²) in [4.78, 5) is 0. The molecular formula is C15H16FNO2. The van der Waals surface area contributed by atoms with Gasteiger partial charge in [-0.25, -0.2) is 4.39 Å². The summed E-state index contributed by atoms with van der Waals surface area (Å²) in [5.41, 5.74) is 7.12. The zero-order valence-corrected chi connectivity index (χ0v) is 10.6. The van der Waals surface area contributed by atoms with E-state index in [0.717, 1.165) is 0 Å². The summed E-state index contributed by atoms with van der Waals surface area (Å²) in [7, 11) is 0. The summed E-state index contributed by atoms with van der Waals surface area (Å²) in [6, 6.07) is 11.3. The van der Waals surface area contributed by atoms with E-state index in [-0.39, 0.29) is 18.4 Å². The Kier molecular flexibility index (Phi) is 4.14. The Hall–Kier alpha value is -1.91. The lowest BCUT2D eigenvalue weighted by Gasteiger charge is -2.10. The molecule has 0 aliphatic rings. The fourth-order valence-electron chi connectivity index (χ4n) is 1.72.